The molecule has 2 amide bonds. The van der Waals surface area contributed by atoms with Crippen LogP contribution in [0.3, 0.4) is 0 Å². The lowest BCUT2D eigenvalue weighted by Gasteiger charge is -2.41. The van der Waals surface area contributed by atoms with Crippen molar-refractivity contribution in [1.29, 1.82) is 0 Å². The van der Waals surface area contributed by atoms with Crippen LogP contribution in [0.4, 0.5) is 4.79 Å². The molecular weight excluding hydrogens is 236 g/mol. The third-order valence-corrected chi connectivity index (χ3v) is 2.81. The minimum absolute atomic E-state index is 0.0788. The number of rotatable bonds is 3. The van der Waals surface area contributed by atoms with Crippen LogP contribution in [0.15, 0.2) is 0 Å². The number of carbonyl (C=O) groups excluding carboxylic acids is 2. The minimum Gasteiger partial charge on any atom is -0.444 e. The van der Waals surface area contributed by atoms with Crippen LogP contribution in [-0.2, 0) is 14.4 Å². The molecule has 6 heteroatoms. The highest BCUT2D eigenvalue weighted by Crippen LogP contribution is 2.24. The van der Waals surface area contributed by atoms with Crippen LogP contribution in [0.1, 0.15) is 33.6 Å². The Bertz CT molecular complexity index is 325. The van der Waals surface area contributed by atoms with Gasteiger partial charge in [-0.05, 0) is 27.2 Å². The fourth-order valence-electron chi connectivity index (χ4n) is 1.65. The number of amides is 2. The predicted octanol–water partition coefficient (Wildman–Crippen LogP) is 1.41. The second-order valence-electron chi connectivity index (χ2n) is 5.39. The molecule has 1 saturated heterocycles. The summed E-state index contributed by atoms with van der Waals surface area (Å²) in [4.78, 5) is 29.9. The number of hydrogen-bond donors (Lipinski definition) is 0. The normalized spacial score (nSPS) is 19.2. The number of nitrogens with zero attached hydrogens (tertiary/aromatic N) is 2. The largest absolute Gasteiger partial charge is 0.444 e. The van der Waals surface area contributed by atoms with Crippen molar-refractivity contribution in [2.75, 3.05) is 20.7 Å². The topological polar surface area (TPSA) is 59.1 Å². The van der Waals surface area contributed by atoms with E-state index in [0.717, 1.165) is 6.42 Å². The van der Waals surface area contributed by atoms with Gasteiger partial charge in [-0.3, -0.25) is 9.63 Å². The van der Waals surface area contributed by atoms with Gasteiger partial charge in [0.05, 0.1) is 7.11 Å². The molecule has 1 aliphatic heterocycles. The summed E-state index contributed by atoms with van der Waals surface area (Å²) in [7, 11) is 2.99. The van der Waals surface area contributed by atoms with Crippen LogP contribution in [0, 0.1) is 0 Å². The fraction of sp³-hybridized carbons (Fsp3) is 0.833. The first-order valence-corrected chi connectivity index (χ1v) is 6.05. The zero-order valence-corrected chi connectivity index (χ0v) is 11.7. The zero-order chi connectivity index (χ0) is 13.9. The van der Waals surface area contributed by atoms with Crippen molar-refractivity contribution in [2.24, 2.45) is 0 Å². The Morgan fingerprint density at radius 3 is 2.39 bits per heavy atom. The van der Waals surface area contributed by atoms with Crippen molar-refractivity contribution in [3.8, 4) is 0 Å². The van der Waals surface area contributed by atoms with Crippen molar-refractivity contribution < 1.29 is 19.2 Å². The number of carbonyl (C=O) groups is 2. The first-order chi connectivity index (χ1) is 8.24. The molecule has 0 aromatic carbocycles. The third-order valence-electron chi connectivity index (χ3n) is 2.81. The average molecular weight is 258 g/mol. The van der Waals surface area contributed by atoms with Crippen molar-refractivity contribution in [3.63, 3.8) is 0 Å². The first kappa shape index (κ1) is 14.8. The van der Waals surface area contributed by atoms with Gasteiger partial charge >= 0.3 is 6.09 Å². The lowest BCUT2D eigenvalue weighted by molar-refractivity contribution is -0.170. The van der Waals surface area contributed by atoms with Gasteiger partial charge in [0.25, 0.3) is 0 Å². The maximum Gasteiger partial charge on any atom is 0.410 e. The Morgan fingerprint density at radius 1 is 1.39 bits per heavy atom. The van der Waals surface area contributed by atoms with Gasteiger partial charge < -0.3 is 9.64 Å². The van der Waals surface area contributed by atoms with Crippen molar-refractivity contribution in [1.82, 2.24) is 9.96 Å². The standard InChI is InChI=1S/C12H22N2O4/c1-12(2,3)18-11(16)14-7-6-9(14)8-10(15)13(4)17-5/h9H,6-8H2,1-5H3. The number of hydroxylamine groups is 2. The Morgan fingerprint density at radius 2 is 2.00 bits per heavy atom. The molecule has 18 heavy (non-hydrogen) atoms. The molecule has 0 saturated carbocycles. The summed E-state index contributed by atoms with van der Waals surface area (Å²) in [5, 5.41) is 1.17. The second-order valence-corrected chi connectivity index (χ2v) is 5.39. The van der Waals surface area contributed by atoms with E-state index in [1.165, 1.54) is 12.2 Å². The Balaban J connectivity index is 2.46. The molecule has 0 aromatic rings. The summed E-state index contributed by atoms with van der Waals surface area (Å²) >= 11 is 0. The average Bonchev–Trinajstić information content (AvgIpc) is 2.19. The third kappa shape index (κ3) is 3.87. The van der Waals surface area contributed by atoms with Crippen LogP contribution < -0.4 is 0 Å². The van der Waals surface area contributed by atoms with Gasteiger partial charge in [0.15, 0.2) is 0 Å². The van der Waals surface area contributed by atoms with Gasteiger partial charge in [0, 0.05) is 26.1 Å². The molecule has 1 heterocycles. The first-order valence-electron chi connectivity index (χ1n) is 6.05. The summed E-state index contributed by atoms with van der Waals surface area (Å²) in [5.41, 5.74) is -0.509. The summed E-state index contributed by atoms with van der Waals surface area (Å²) in [6.07, 6.45) is 0.734. The maximum atomic E-state index is 11.8. The molecule has 0 N–H and O–H groups in total. The molecule has 1 atom stereocenters. The van der Waals surface area contributed by atoms with Crippen molar-refractivity contribution in [2.45, 2.75) is 45.3 Å². The molecule has 0 spiro atoms. The van der Waals surface area contributed by atoms with Gasteiger partial charge in [0.2, 0.25) is 5.91 Å². The number of likely N-dealkylation sites (tertiary alicyclic amines) is 1. The van der Waals surface area contributed by atoms with E-state index >= 15 is 0 Å². The predicted molar refractivity (Wildman–Crippen MR) is 65.7 cm³/mol. The number of ether oxygens (including phenoxy) is 1. The molecule has 6 nitrogen and oxygen atoms in total. The zero-order valence-electron chi connectivity index (χ0n) is 11.7. The SMILES string of the molecule is CON(C)C(=O)CC1CCN1C(=O)OC(C)(C)C. The van der Waals surface area contributed by atoms with E-state index in [-0.39, 0.29) is 24.5 Å². The highest BCUT2D eigenvalue weighted by atomic mass is 16.7. The van der Waals surface area contributed by atoms with Crippen molar-refractivity contribution >= 4 is 12.0 Å². The molecular formula is C12H22N2O4. The van der Waals surface area contributed by atoms with E-state index in [4.69, 9.17) is 9.57 Å². The van der Waals surface area contributed by atoms with Gasteiger partial charge in [-0.2, -0.15) is 0 Å². The highest BCUT2D eigenvalue weighted by molar-refractivity contribution is 5.77. The maximum absolute atomic E-state index is 11.8. The summed E-state index contributed by atoms with van der Waals surface area (Å²) in [6.45, 7) is 6.11. The Kier molecular flexibility index (Phi) is 4.56. The van der Waals surface area contributed by atoms with Crippen molar-refractivity contribution in [3.05, 3.63) is 0 Å². The molecule has 0 radical (unpaired) electrons. The molecule has 0 bridgehead atoms. The summed E-state index contributed by atoms with van der Waals surface area (Å²) in [6, 6.07) is -0.0788. The van der Waals surface area contributed by atoms with Gasteiger partial charge in [0.1, 0.15) is 5.60 Å². The monoisotopic (exact) mass is 258 g/mol. The molecule has 0 aromatic heterocycles. The number of hydrogen-bond acceptors (Lipinski definition) is 4. The van der Waals surface area contributed by atoms with Gasteiger partial charge in [-0.25, -0.2) is 9.86 Å². The van der Waals surface area contributed by atoms with E-state index < -0.39 is 5.60 Å². The van der Waals surface area contributed by atoms with Gasteiger partial charge in [-0.1, -0.05) is 0 Å². The Hall–Kier alpha value is -1.30. The molecule has 1 rings (SSSR count). The molecule has 1 fully saturated rings. The van der Waals surface area contributed by atoms with Gasteiger partial charge in [-0.15, -0.1) is 0 Å². The quantitative estimate of drug-likeness (QED) is 0.718. The Labute approximate surface area is 108 Å². The second kappa shape index (κ2) is 5.56. The molecule has 1 aliphatic rings. The molecule has 1 unspecified atom stereocenters. The lowest BCUT2D eigenvalue weighted by Crippen LogP contribution is -2.54. The van der Waals surface area contributed by atoms with E-state index in [2.05, 4.69) is 0 Å². The van der Waals surface area contributed by atoms with Crippen LogP contribution in [0.2, 0.25) is 0 Å². The van der Waals surface area contributed by atoms with Crippen LogP contribution in [0.25, 0.3) is 0 Å². The minimum atomic E-state index is -0.509. The van der Waals surface area contributed by atoms with E-state index in [9.17, 15) is 9.59 Å². The van der Waals surface area contributed by atoms with E-state index in [0.29, 0.717) is 6.54 Å². The van der Waals surface area contributed by atoms with E-state index in [1.807, 2.05) is 20.8 Å². The van der Waals surface area contributed by atoms with Crippen LogP contribution >= 0.6 is 0 Å². The highest BCUT2D eigenvalue weighted by Gasteiger charge is 2.36. The van der Waals surface area contributed by atoms with E-state index in [1.54, 1.807) is 11.9 Å². The summed E-state index contributed by atoms with van der Waals surface area (Å²) < 4.78 is 5.27. The lowest BCUT2D eigenvalue weighted by atomic mass is 10.00. The summed E-state index contributed by atoms with van der Waals surface area (Å²) in [5.74, 6) is -0.143. The van der Waals surface area contributed by atoms with Crippen LogP contribution in [-0.4, -0.2) is 54.3 Å². The van der Waals surface area contributed by atoms with Crippen LogP contribution in [0.5, 0.6) is 0 Å². The fourth-order valence-corrected chi connectivity index (χ4v) is 1.65. The smallest absolute Gasteiger partial charge is 0.410 e. The molecule has 0 aliphatic carbocycles. The molecule has 104 valence electrons.